The first-order chi connectivity index (χ1) is 13.1. The SMILES string of the molecule is CCc1noc(C(C)N2CCN(C(=O)C3CC4CCCC(C3)C4N)CC2)n1.Cl.Cl. The Kier molecular flexibility index (Phi) is 8.76. The average molecular weight is 448 g/mol. The van der Waals surface area contributed by atoms with Gasteiger partial charge in [0.1, 0.15) is 0 Å². The first kappa shape index (κ1) is 24.4. The molecule has 7 nitrogen and oxygen atoms in total. The summed E-state index contributed by atoms with van der Waals surface area (Å²) in [6.45, 7) is 7.42. The summed E-state index contributed by atoms with van der Waals surface area (Å²) in [5.74, 6) is 3.09. The van der Waals surface area contributed by atoms with E-state index >= 15 is 0 Å². The summed E-state index contributed by atoms with van der Waals surface area (Å²) in [5, 5.41) is 4.00. The molecule has 3 aliphatic rings. The maximum atomic E-state index is 13.1. The van der Waals surface area contributed by atoms with Crippen LogP contribution in [0.15, 0.2) is 4.52 Å². The summed E-state index contributed by atoms with van der Waals surface area (Å²) in [4.78, 5) is 22.0. The van der Waals surface area contributed by atoms with E-state index in [2.05, 4.69) is 26.9 Å². The minimum absolute atomic E-state index is 0. The van der Waals surface area contributed by atoms with Crippen molar-refractivity contribution in [1.29, 1.82) is 0 Å². The molecule has 1 saturated heterocycles. The van der Waals surface area contributed by atoms with Crippen LogP contribution in [-0.2, 0) is 11.2 Å². The number of fused-ring (bicyclic) bond motifs is 2. The van der Waals surface area contributed by atoms with Crippen LogP contribution in [0.25, 0.3) is 0 Å². The van der Waals surface area contributed by atoms with Gasteiger partial charge in [0.2, 0.25) is 11.8 Å². The third kappa shape index (κ3) is 5.06. The van der Waals surface area contributed by atoms with E-state index in [0.29, 0.717) is 29.7 Å². The molecule has 3 fully saturated rings. The lowest BCUT2D eigenvalue weighted by atomic mass is 9.65. The van der Waals surface area contributed by atoms with Gasteiger partial charge in [-0.05, 0) is 44.4 Å². The predicted octanol–water partition coefficient (Wildman–Crippen LogP) is 2.83. The fourth-order valence-electron chi connectivity index (χ4n) is 5.32. The molecule has 3 unspecified atom stereocenters. The number of carbonyl (C=O) groups excluding carboxylic acids is 1. The van der Waals surface area contributed by atoms with Gasteiger partial charge in [0.25, 0.3) is 0 Å². The van der Waals surface area contributed by atoms with E-state index in [1.807, 2.05) is 6.92 Å². The predicted molar refractivity (Wildman–Crippen MR) is 116 cm³/mol. The van der Waals surface area contributed by atoms with Crippen LogP contribution in [0.4, 0.5) is 0 Å². The largest absolute Gasteiger partial charge is 0.340 e. The molecule has 0 spiro atoms. The third-order valence-corrected chi connectivity index (χ3v) is 7.09. The van der Waals surface area contributed by atoms with Crippen molar-refractivity contribution >= 4 is 30.7 Å². The first-order valence-corrected chi connectivity index (χ1v) is 10.7. The number of hydrogen-bond donors (Lipinski definition) is 1. The number of amides is 1. The number of rotatable bonds is 4. The molecule has 1 aliphatic heterocycles. The van der Waals surface area contributed by atoms with Crippen LogP contribution in [0.3, 0.4) is 0 Å². The van der Waals surface area contributed by atoms with Gasteiger partial charge in [0.05, 0.1) is 6.04 Å². The van der Waals surface area contributed by atoms with Crippen molar-refractivity contribution < 1.29 is 9.32 Å². The molecule has 2 N–H and O–H groups in total. The lowest BCUT2D eigenvalue weighted by Crippen LogP contribution is -2.54. The molecule has 2 saturated carbocycles. The van der Waals surface area contributed by atoms with E-state index in [4.69, 9.17) is 10.3 Å². The number of aromatic nitrogens is 2. The summed E-state index contributed by atoms with van der Waals surface area (Å²) in [7, 11) is 0. The Morgan fingerprint density at radius 3 is 2.34 bits per heavy atom. The number of piperazine rings is 1. The fourth-order valence-corrected chi connectivity index (χ4v) is 5.32. The molecule has 2 aliphatic carbocycles. The standard InChI is InChI=1S/C20H33N5O2.2ClH/c1-3-17-22-19(27-23-17)13(2)24-7-9-25(10-8-24)20(26)16-11-14-5-4-6-15(12-16)18(14)21;;/h13-16,18H,3-12,21H2,1-2H3;2*1H. The van der Waals surface area contributed by atoms with Crippen LogP contribution in [0, 0.1) is 17.8 Å². The van der Waals surface area contributed by atoms with Crippen molar-refractivity contribution in [1.82, 2.24) is 19.9 Å². The Morgan fingerprint density at radius 2 is 1.79 bits per heavy atom. The highest BCUT2D eigenvalue weighted by atomic mass is 35.5. The van der Waals surface area contributed by atoms with Crippen molar-refractivity contribution in [3.05, 3.63) is 11.7 Å². The Hall–Kier alpha value is -0.890. The summed E-state index contributed by atoms with van der Waals surface area (Å²) in [6.07, 6.45) is 6.47. The number of halogens is 2. The van der Waals surface area contributed by atoms with E-state index in [1.165, 1.54) is 19.3 Å². The summed E-state index contributed by atoms with van der Waals surface area (Å²) < 4.78 is 5.40. The van der Waals surface area contributed by atoms with E-state index in [-0.39, 0.29) is 36.8 Å². The number of aryl methyl sites for hydroxylation is 1. The Labute approximate surface area is 185 Å². The van der Waals surface area contributed by atoms with Gasteiger partial charge < -0.3 is 15.2 Å². The lowest BCUT2D eigenvalue weighted by Gasteiger charge is -2.45. The Balaban J connectivity index is 0.00000150. The van der Waals surface area contributed by atoms with Gasteiger partial charge >= 0.3 is 0 Å². The van der Waals surface area contributed by atoms with Crippen LogP contribution in [-0.4, -0.2) is 58.1 Å². The van der Waals surface area contributed by atoms with Gasteiger partial charge in [0, 0.05) is 44.6 Å². The molecule has 2 bridgehead atoms. The topological polar surface area (TPSA) is 88.5 Å². The fraction of sp³-hybridized carbons (Fsp3) is 0.850. The van der Waals surface area contributed by atoms with Crippen molar-refractivity contribution in [2.45, 2.75) is 64.5 Å². The minimum Gasteiger partial charge on any atom is -0.340 e. The minimum atomic E-state index is 0. The third-order valence-electron chi connectivity index (χ3n) is 7.09. The van der Waals surface area contributed by atoms with Crippen LogP contribution >= 0.6 is 24.8 Å². The zero-order valence-electron chi connectivity index (χ0n) is 17.5. The van der Waals surface area contributed by atoms with Gasteiger partial charge in [-0.25, -0.2) is 0 Å². The Bertz CT molecular complexity index is 651. The van der Waals surface area contributed by atoms with Gasteiger partial charge in [-0.2, -0.15) is 4.98 Å². The molecule has 166 valence electrons. The number of carbonyl (C=O) groups is 1. The molecule has 29 heavy (non-hydrogen) atoms. The van der Waals surface area contributed by atoms with Crippen LogP contribution < -0.4 is 5.73 Å². The molecular weight excluding hydrogens is 413 g/mol. The van der Waals surface area contributed by atoms with Gasteiger partial charge in [0.15, 0.2) is 5.82 Å². The van der Waals surface area contributed by atoms with Gasteiger partial charge in [-0.15, -0.1) is 24.8 Å². The molecule has 1 amide bonds. The second kappa shape index (κ2) is 10.4. The maximum absolute atomic E-state index is 13.1. The van der Waals surface area contributed by atoms with Crippen molar-refractivity contribution in [3.63, 3.8) is 0 Å². The normalized spacial score (nSPS) is 30.8. The first-order valence-electron chi connectivity index (χ1n) is 10.7. The van der Waals surface area contributed by atoms with Crippen molar-refractivity contribution in [2.24, 2.45) is 23.5 Å². The molecule has 0 aromatic carbocycles. The molecular formula is C20H35Cl2N5O2. The van der Waals surface area contributed by atoms with Crippen LogP contribution in [0.5, 0.6) is 0 Å². The van der Waals surface area contributed by atoms with Gasteiger partial charge in [-0.1, -0.05) is 18.5 Å². The quantitative estimate of drug-likeness (QED) is 0.762. The van der Waals surface area contributed by atoms with Crippen LogP contribution in [0.1, 0.15) is 63.7 Å². The molecule has 4 rings (SSSR count). The molecule has 1 aromatic heterocycles. The highest BCUT2D eigenvalue weighted by Crippen LogP contribution is 2.42. The lowest BCUT2D eigenvalue weighted by molar-refractivity contribution is -0.140. The maximum Gasteiger partial charge on any atom is 0.243 e. The highest BCUT2D eigenvalue weighted by molar-refractivity contribution is 5.85. The van der Waals surface area contributed by atoms with E-state index in [9.17, 15) is 4.79 Å². The summed E-state index contributed by atoms with van der Waals surface area (Å²) in [6, 6.07) is 0.421. The molecule has 2 heterocycles. The monoisotopic (exact) mass is 447 g/mol. The van der Waals surface area contributed by atoms with Crippen molar-refractivity contribution in [3.8, 4) is 0 Å². The smallest absolute Gasteiger partial charge is 0.243 e. The van der Waals surface area contributed by atoms with Crippen molar-refractivity contribution in [2.75, 3.05) is 26.2 Å². The number of nitrogens with zero attached hydrogens (tertiary/aromatic N) is 4. The molecule has 3 atom stereocenters. The molecule has 1 aromatic rings. The second-order valence-corrected chi connectivity index (χ2v) is 8.64. The van der Waals surface area contributed by atoms with E-state index < -0.39 is 0 Å². The zero-order valence-corrected chi connectivity index (χ0v) is 19.1. The molecule has 9 heteroatoms. The molecule has 0 radical (unpaired) electrons. The zero-order chi connectivity index (χ0) is 19.0. The average Bonchev–Trinajstić information content (AvgIpc) is 3.16. The summed E-state index contributed by atoms with van der Waals surface area (Å²) in [5.41, 5.74) is 6.39. The highest BCUT2D eigenvalue weighted by Gasteiger charge is 2.42. The number of hydrogen-bond acceptors (Lipinski definition) is 6. The summed E-state index contributed by atoms with van der Waals surface area (Å²) >= 11 is 0. The van der Waals surface area contributed by atoms with Gasteiger partial charge in [-0.3, -0.25) is 9.69 Å². The Morgan fingerprint density at radius 1 is 1.17 bits per heavy atom. The van der Waals surface area contributed by atoms with E-state index in [1.54, 1.807) is 0 Å². The van der Waals surface area contributed by atoms with Crippen LogP contribution in [0.2, 0.25) is 0 Å². The second-order valence-electron chi connectivity index (χ2n) is 8.64. The van der Waals surface area contributed by atoms with E-state index in [0.717, 1.165) is 51.3 Å². The number of nitrogens with two attached hydrogens (primary N) is 1.